The third-order valence-electron chi connectivity index (χ3n) is 12.4. The van der Waals surface area contributed by atoms with E-state index in [0.717, 1.165) is 12.7 Å². The number of esters is 1. The van der Waals surface area contributed by atoms with E-state index in [1.807, 2.05) is 52.2 Å². The second kappa shape index (κ2) is 22.5. The number of hydrogen-bond acceptors (Lipinski definition) is 16. The van der Waals surface area contributed by atoms with Crippen molar-refractivity contribution in [1.82, 2.24) is 9.80 Å². The third-order valence-corrected chi connectivity index (χ3v) is 12.4. The molecular formula is C43H74N2O14. The Kier molecular flexibility index (Phi) is 18.9. The van der Waals surface area contributed by atoms with Gasteiger partial charge in [0.15, 0.2) is 18.9 Å². The first-order valence-electron chi connectivity index (χ1n) is 21.3. The van der Waals surface area contributed by atoms with Gasteiger partial charge >= 0.3 is 5.97 Å². The number of aldehydes is 1. The van der Waals surface area contributed by atoms with E-state index in [9.17, 15) is 30.0 Å². The number of likely N-dealkylation sites (N-methyl/N-ethyl adjacent to an activating group) is 2. The molecule has 0 aromatic heterocycles. The number of cyclic esters (lactones) is 1. The van der Waals surface area contributed by atoms with Gasteiger partial charge in [-0.25, -0.2) is 0 Å². The van der Waals surface area contributed by atoms with Crippen LogP contribution in [0.5, 0.6) is 0 Å². The average Bonchev–Trinajstić information content (AvgIpc) is 3.13. The highest BCUT2D eigenvalue weighted by atomic mass is 16.7. The summed E-state index contributed by atoms with van der Waals surface area (Å²) >= 11 is 0. The molecule has 59 heavy (non-hydrogen) atoms. The second-order valence-corrected chi connectivity index (χ2v) is 17.8. The summed E-state index contributed by atoms with van der Waals surface area (Å²) < 4.78 is 50.0. The monoisotopic (exact) mass is 843 g/mol. The summed E-state index contributed by atoms with van der Waals surface area (Å²) in [5.41, 5.74) is -1.47. The van der Waals surface area contributed by atoms with Gasteiger partial charge in [-0.3, -0.25) is 4.79 Å². The molecule has 0 spiro atoms. The highest BCUT2D eigenvalue weighted by molar-refractivity contribution is 5.70. The van der Waals surface area contributed by atoms with Crippen LogP contribution in [0.1, 0.15) is 86.5 Å². The molecule has 0 aromatic carbocycles. The van der Waals surface area contributed by atoms with Gasteiger partial charge in [0.05, 0.1) is 54.7 Å². The topological polar surface area (TPSA) is 195 Å². The average molecular weight is 843 g/mol. The van der Waals surface area contributed by atoms with Gasteiger partial charge in [-0.05, 0) is 93.9 Å². The van der Waals surface area contributed by atoms with Crippen LogP contribution in [-0.4, -0.2) is 181 Å². The minimum atomic E-state index is -1.47. The molecule has 0 saturated carbocycles. The number of rotatable bonds is 11. The standard InChI is InChI=1S/C43H74N2O14/c1-24-21-29(19-20-46)39(59-42-37(49)36(45(9)10)38(27(4)56-42)58-35-23-43(6,51)41(50)28(5)55-35)40(52-11)31(47)22-33(48)53-25(2)15-13-12-14-16-32(24)57-34-18-17-30(44(7)8)26(3)54-34/h12-14,16,20,24-32,34-42,47,49-51H,15,17-19,21-23H2,1-11H3/t24-,25-,26-,27-,28+,29+,30+,31-,32+,34+,35+,36-,37-,38-,39+,40?,41+,42+,43-/m1/s1. The lowest BCUT2D eigenvalue weighted by atomic mass is 9.82. The minimum Gasteiger partial charge on any atom is -0.462 e. The maximum atomic E-state index is 13.1. The van der Waals surface area contributed by atoms with Crippen LogP contribution in [0.15, 0.2) is 24.3 Å². The van der Waals surface area contributed by atoms with Crippen molar-refractivity contribution in [3.05, 3.63) is 24.3 Å². The Morgan fingerprint density at radius 2 is 1.56 bits per heavy atom. The molecule has 0 amide bonds. The van der Waals surface area contributed by atoms with E-state index in [1.165, 1.54) is 14.0 Å². The zero-order valence-corrected chi connectivity index (χ0v) is 37.0. The maximum absolute atomic E-state index is 13.1. The number of aliphatic hydroxyl groups excluding tert-OH is 3. The molecule has 4 aliphatic heterocycles. The summed E-state index contributed by atoms with van der Waals surface area (Å²) in [5.74, 6) is -1.47. The third kappa shape index (κ3) is 13.3. The quantitative estimate of drug-likeness (QED) is 0.175. The van der Waals surface area contributed by atoms with Crippen molar-refractivity contribution in [2.45, 2.75) is 190 Å². The summed E-state index contributed by atoms with van der Waals surface area (Å²) in [5, 5.41) is 45.1. The molecule has 4 heterocycles. The van der Waals surface area contributed by atoms with Gasteiger partial charge in [-0.1, -0.05) is 31.2 Å². The van der Waals surface area contributed by atoms with Crippen LogP contribution in [-0.2, 0) is 47.5 Å². The lowest BCUT2D eigenvalue weighted by Gasteiger charge is -2.50. The fourth-order valence-corrected chi connectivity index (χ4v) is 9.10. The predicted molar refractivity (Wildman–Crippen MR) is 217 cm³/mol. The molecule has 16 nitrogen and oxygen atoms in total. The number of allylic oxidation sites excluding steroid dienone is 2. The first-order valence-corrected chi connectivity index (χ1v) is 21.3. The minimum absolute atomic E-state index is 0.00885. The fraction of sp³-hybridized carbons (Fsp3) is 0.860. The molecule has 4 aliphatic rings. The largest absolute Gasteiger partial charge is 0.462 e. The van der Waals surface area contributed by atoms with Crippen LogP contribution in [0.25, 0.3) is 0 Å². The summed E-state index contributed by atoms with van der Waals surface area (Å²) in [6.07, 6.45) is -1.56. The summed E-state index contributed by atoms with van der Waals surface area (Å²) in [7, 11) is 9.03. The Morgan fingerprint density at radius 1 is 0.864 bits per heavy atom. The van der Waals surface area contributed by atoms with Crippen LogP contribution < -0.4 is 0 Å². The van der Waals surface area contributed by atoms with Gasteiger partial charge in [0.25, 0.3) is 0 Å². The van der Waals surface area contributed by atoms with Crippen molar-refractivity contribution < 1.29 is 67.9 Å². The van der Waals surface area contributed by atoms with Crippen molar-refractivity contribution >= 4 is 12.3 Å². The predicted octanol–water partition coefficient (Wildman–Crippen LogP) is 2.33. The fourth-order valence-electron chi connectivity index (χ4n) is 9.10. The normalized spacial score (nSPS) is 44.7. The molecule has 0 bridgehead atoms. The van der Waals surface area contributed by atoms with Crippen LogP contribution in [0, 0.1) is 11.8 Å². The molecule has 16 heteroatoms. The molecule has 0 radical (unpaired) electrons. The molecule has 3 saturated heterocycles. The van der Waals surface area contributed by atoms with Gasteiger partial charge in [0.1, 0.15) is 36.8 Å². The van der Waals surface area contributed by atoms with Gasteiger partial charge in [0.2, 0.25) is 0 Å². The molecule has 4 rings (SSSR count). The Labute approximate surface area is 351 Å². The van der Waals surface area contributed by atoms with Crippen molar-refractivity contribution in [2.24, 2.45) is 11.8 Å². The van der Waals surface area contributed by atoms with Gasteiger partial charge in [-0.2, -0.15) is 0 Å². The van der Waals surface area contributed by atoms with Crippen molar-refractivity contribution in [1.29, 1.82) is 0 Å². The Morgan fingerprint density at radius 3 is 2.17 bits per heavy atom. The molecule has 3 fully saturated rings. The molecular weight excluding hydrogens is 768 g/mol. The summed E-state index contributed by atoms with van der Waals surface area (Å²) in [6.45, 7) is 10.8. The SMILES string of the molecule is COC1[C@H](O)CC(=O)O[C@H](C)CC=CC=C[C@H](O[C@H]2CC[C@H](N(C)C)[C@@H](C)O2)[C@H](C)C[C@H](CC=O)[C@@H]1O[C@@H]1O[C@H](C)[C@@H](O[C@H]2C[C@@](C)(O)[C@@H](O)[C@H](C)O2)[C@H](N(C)C)[C@H]1O. The highest BCUT2D eigenvalue weighted by Crippen LogP contribution is 2.37. The molecule has 340 valence electrons. The smallest absolute Gasteiger partial charge is 0.308 e. The van der Waals surface area contributed by atoms with Gasteiger partial charge < -0.3 is 72.9 Å². The zero-order valence-electron chi connectivity index (χ0n) is 37.0. The molecule has 4 N–H and O–H groups in total. The number of ether oxygens (including phenoxy) is 8. The van der Waals surface area contributed by atoms with Crippen LogP contribution >= 0.6 is 0 Å². The zero-order chi connectivity index (χ0) is 43.8. The van der Waals surface area contributed by atoms with Gasteiger partial charge in [0, 0.05) is 32.4 Å². The number of hydrogen-bond donors (Lipinski definition) is 4. The van der Waals surface area contributed by atoms with Crippen molar-refractivity contribution in [3.63, 3.8) is 0 Å². The Bertz CT molecular complexity index is 1370. The van der Waals surface area contributed by atoms with E-state index < -0.39 is 110 Å². The molecule has 19 atom stereocenters. The molecule has 0 aliphatic carbocycles. The molecule has 0 aromatic rings. The number of carbonyl (C=O) groups is 2. The van der Waals surface area contributed by atoms with Crippen molar-refractivity contribution in [2.75, 3.05) is 35.3 Å². The van der Waals surface area contributed by atoms with Crippen LogP contribution in [0.3, 0.4) is 0 Å². The van der Waals surface area contributed by atoms with Crippen LogP contribution in [0.4, 0.5) is 0 Å². The van der Waals surface area contributed by atoms with Crippen LogP contribution in [0.2, 0.25) is 0 Å². The lowest BCUT2D eigenvalue weighted by molar-refractivity contribution is -0.344. The Hall–Kier alpha value is -1.90. The number of nitrogens with zero attached hydrogens (tertiary/aromatic N) is 2. The number of aliphatic hydroxyl groups is 4. The van der Waals surface area contributed by atoms with Gasteiger partial charge in [-0.15, -0.1) is 0 Å². The maximum Gasteiger partial charge on any atom is 0.308 e. The van der Waals surface area contributed by atoms with E-state index >= 15 is 0 Å². The summed E-state index contributed by atoms with van der Waals surface area (Å²) in [4.78, 5) is 29.5. The van der Waals surface area contributed by atoms with E-state index in [-0.39, 0.29) is 30.9 Å². The highest BCUT2D eigenvalue weighted by Gasteiger charge is 2.52. The number of methoxy groups -OCH3 is 1. The van der Waals surface area contributed by atoms with E-state index in [4.69, 9.17) is 37.9 Å². The first kappa shape index (κ1) is 49.8. The van der Waals surface area contributed by atoms with Crippen molar-refractivity contribution in [3.8, 4) is 0 Å². The lowest BCUT2D eigenvalue weighted by Crippen LogP contribution is -2.65. The van der Waals surface area contributed by atoms with E-state index in [1.54, 1.807) is 39.8 Å². The number of carbonyl (C=O) groups excluding carboxylic acids is 2. The van der Waals surface area contributed by atoms with E-state index in [2.05, 4.69) is 4.90 Å². The van der Waals surface area contributed by atoms with E-state index in [0.29, 0.717) is 19.3 Å². The first-order chi connectivity index (χ1) is 27.8. The summed E-state index contributed by atoms with van der Waals surface area (Å²) in [6, 6.07) is -0.466. The molecule has 1 unspecified atom stereocenters. The Balaban J connectivity index is 1.66. The second-order valence-electron chi connectivity index (χ2n) is 17.8.